The number of guanidine groups is 1. The molecular formula is C23H42IN5O2. The van der Waals surface area contributed by atoms with Gasteiger partial charge in [0.1, 0.15) is 12.4 Å². The quantitative estimate of drug-likeness (QED) is 0.192. The standard InChI is InChI=1S/C23H41N5O2.HI/c1-5-29-16-17-30-22-18-20(2)8-9-21(22)19-26-23(24-3)25-10-6-12-28-13-7-11-27(4)14-15-28;/h8-9,18H,5-7,10-17,19H2,1-4H3,(H2,24,25,26);1H. The summed E-state index contributed by atoms with van der Waals surface area (Å²) < 4.78 is 11.3. The maximum absolute atomic E-state index is 5.94. The number of nitrogens with zero attached hydrogens (tertiary/aromatic N) is 3. The fourth-order valence-corrected chi connectivity index (χ4v) is 3.53. The van der Waals surface area contributed by atoms with E-state index in [4.69, 9.17) is 9.47 Å². The van der Waals surface area contributed by atoms with Crippen molar-refractivity contribution < 1.29 is 9.47 Å². The lowest BCUT2D eigenvalue weighted by Crippen LogP contribution is -2.38. The van der Waals surface area contributed by atoms with Crippen LogP contribution in [-0.4, -0.2) is 88.9 Å². The first-order chi connectivity index (χ1) is 14.6. The Bertz CT molecular complexity index is 644. The van der Waals surface area contributed by atoms with Crippen LogP contribution in [0.4, 0.5) is 0 Å². The van der Waals surface area contributed by atoms with Gasteiger partial charge in [0.25, 0.3) is 0 Å². The molecule has 1 aromatic rings. The van der Waals surface area contributed by atoms with Crippen LogP contribution in [0.25, 0.3) is 0 Å². The van der Waals surface area contributed by atoms with Crippen molar-refractivity contribution in [3.05, 3.63) is 29.3 Å². The van der Waals surface area contributed by atoms with Gasteiger partial charge in [0.05, 0.1) is 6.61 Å². The van der Waals surface area contributed by atoms with Crippen molar-refractivity contribution in [3.8, 4) is 5.75 Å². The van der Waals surface area contributed by atoms with Crippen molar-refractivity contribution >= 4 is 29.9 Å². The smallest absolute Gasteiger partial charge is 0.191 e. The zero-order valence-electron chi connectivity index (χ0n) is 19.8. The number of nitrogens with one attached hydrogen (secondary N) is 2. The fraction of sp³-hybridized carbons (Fsp3) is 0.696. The highest BCUT2D eigenvalue weighted by molar-refractivity contribution is 14.0. The van der Waals surface area contributed by atoms with Crippen molar-refractivity contribution in [1.29, 1.82) is 0 Å². The van der Waals surface area contributed by atoms with Crippen LogP contribution in [0.5, 0.6) is 5.75 Å². The van der Waals surface area contributed by atoms with Crippen molar-refractivity contribution in [2.75, 3.05) is 73.2 Å². The molecule has 0 saturated carbocycles. The minimum Gasteiger partial charge on any atom is -0.491 e. The van der Waals surface area contributed by atoms with Crippen LogP contribution >= 0.6 is 24.0 Å². The Morgan fingerprint density at radius 3 is 2.74 bits per heavy atom. The van der Waals surface area contributed by atoms with Crippen molar-refractivity contribution in [2.45, 2.75) is 33.2 Å². The summed E-state index contributed by atoms with van der Waals surface area (Å²) in [5.41, 5.74) is 2.31. The highest BCUT2D eigenvalue weighted by Gasteiger charge is 2.11. The molecule has 2 rings (SSSR count). The van der Waals surface area contributed by atoms with E-state index in [0.29, 0.717) is 26.4 Å². The first-order valence-corrected chi connectivity index (χ1v) is 11.3. The molecule has 1 aromatic carbocycles. The normalized spacial score (nSPS) is 15.8. The molecule has 0 atom stereocenters. The predicted molar refractivity (Wildman–Crippen MR) is 140 cm³/mol. The number of hydrogen-bond donors (Lipinski definition) is 2. The van der Waals surface area contributed by atoms with E-state index >= 15 is 0 Å². The Hall–Kier alpha value is -1.10. The average molecular weight is 548 g/mol. The molecule has 1 aliphatic rings. The van der Waals surface area contributed by atoms with E-state index < -0.39 is 0 Å². The van der Waals surface area contributed by atoms with Gasteiger partial charge in [-0.3, -0.25) is 4.99 Å². The van der Waals surface area contributed by atoms with Crippen LogP contribution in [0.1, 0.15) is 30.9 Å². The Labute approximate surface area is 206 Å². The SMILES string of the molecule is CCOCCOc1cc(C)ccc1CNC(=NC)NCCCN1CCCN(C)CC1.I. The van der Waals surface area contributed by atoms with Gasteiger partial charge in [-0.1, -0.05) is 12.1 Å². The van der Waals surface area contributed by atoms with Crippen LogP contribution in [0.3, 0.4) is 0 Å². The molecule has 0 spiro atoms. The lowest BCUT2D eigenvalue weighted by molar-refractivity contribution is 0.110. The molecule has 1 fully saturated rings. The van der Waals surface area contributed by atoms with Gasteiger partial charge in [0.2, 0.25) is 0 Å². The summed E-state index contributed by atoms with van der Waals surface area (Å²) in [7, 11) is 4.03. The Balaban J connectivity index is 0.00000480. The lowest BCUT2D eigenvalue weighted by atomic mass is 10.1. The van der Waals surface area contributed by atoms with Crippen molar-refractivity contribution in [2.24, 2.45) is 4.99 Å². The van der Waals surface area contributed by atoms with Gasteiger partial charge in [-0.2, -0.15) is 0 Å². The summed E-state index contributed by atoms with van der Waals surface area (Å²) in [5, 5.41) is 6.84. The number of benzene rings is 1. The Kier molecular flexibility index (Phi) is 14.9. The molecule has 1 aliphatic heterocycles. The minimum atomic E-state index is 0. The van der Waals surface area contributed by atoms with Crippen LogP contribution < -0.4 is 15.4 Å². The molecule has 0 amide bonds. The number of ether oxygens (including phenoxy) is 2. The molecule has 31 heavy (non-hydrogen) atoms. The van der Waals surface area contributed by atoms with Crippen molar-refractivity contribution in [3.63, 3.8) is 0 Å². The molecule has 0 radical (unpaired) electrons. The summed E-state index contributed by atoms with van der Waals surface area (Å²) >= 11 is 0. The first-order valence-electron chi connectivity index (χ1n) is 11.3. The zero-order chi connectivity index (χ0) is 21.6. The maximum Gasteiger partial charge on any atom is 0.191 e. The second kappa shape index (κ2) is 16.5. The summed E-state index contributed by atoms with van der Waals surface area (Å²) in [6.45, 7) is 13.4. The third-order valence-electron chi connectivity index (χ3n) is 5.34. The number of rotatable bonds is 11. The highest BCUT2D eigenvalue weighted by atomic mass is 127. The molecular weight excluding hydrogens is 505 g/mol. The van der Waals surface area contributed by atoms with Crippen LogP contribution in [0, 0.1) is 6.92 Å². The summed E-state index contributed by atoms with van der Waals surface area (Å²) in [5.74, 6) is 1.73. The topological polar surface area (TPSA) is 61.4 Å². The molecule has 0 bridgehead atoms. The van der Waals surface area contributed by atoms with Gasteiger partial charge in [0, 0.05) is 45.4 Å². The predicted octanol–water partition coefficient (Wildman–Crippen LogP) is 2.72. The molecule has 0 aliphatic carbocycles. The fourth-order valence-electron chi connectivity index (χ4n) is 3.53. The molecule has 7 nitrogen and oxygen atoms in total. The number of aliphatic imine (C=N–C) groups is 1. The number of aryl methyl sites for hydroxylation is 1. The summed E-state index contributed by atoms with van der Waals surface area (Å²) in [6, 6.07) is 6.31. The summed E-state index contributed by atoms with van der Waals surface area (Å²) in [4.78, 5) is 9.35. The number of likely N-dealkylation sites (N-methyl/N-ethyl adjacent to an activating group) is 1. The van der Waals surface area contributed by atoms with E-state index in [1.165, 1.54) is 38.2 Å². The molecule has 0 aromatic heterocycles. The maximum atomic E-state index is 5.94. The molecule has 1 heterocycles. The molecule has 0 unspecified atom stereocenters. The molecule has 178 valence electrons. The van der Waals surface area contributed by atoms with E-state index in [0.717, 1.165) is 36.8 Å². The molecule has 1 saturated heterocycles. The van der Waals surface area contributed by atoms with Crippen LogP contribution in [-0.2, 0) is 11.3 Å². The average Bonchev–Trinajstić information content (AvgIpc) is 2.96. The largest absolute Gasteiger partial charge is 0.491 e. The van der Waals surface area contributed by atoms with Gasteiger partial charge in [-0.25, -0.2) is 0 Å². The van der Waals surface area contributed by atoms with Crippen molar-refractivity contribution in [1.82, 2.24) is 20.4 Å². The zero-order valence-corrected chi connectivity index (χ0v) is 22.1. The van der Waals surface area contributed by atoms with Gasteiger partial charge in [0.15, 0.2) is 5.96 Å². The number of hydrogen-bond acceptors (Lipinski definition) is 5. The van der Waals surface area contributed by atoms with E-state index in [-0.39, 0.29) is 24.0 Å². The Morgan fingerprint density at radius 1 is 1.13 bits per heavy atom. The molecule has 8 heteroatoms. The third-order valence-corrected chi connectivity index (χ3v) is 5.34. The van der Waals surface area contributed by atoms with E-state index in [2.05, 4.69) is 57.6 Å². The van der Waals surface area contributed by atoms with Crippen LogP contribution in [0.15, 0.2) is 23.2 Å². The minimum absolute atomic E-state index is 0. The Morgan fingerprint density at radius 2 is 1.97 bits per heavy atom. The lowest BCUT2D eigenvalue weighted by Gasteiger charge is -2.20. The van der Waals surface area contributed by atoms with E-state index in [1.807, 2.05) is 14.0 Å². The molecule has 2 N–H and O–H groups in total. The van der Waals surface area contributed by atoms with Gasteiger partial charge < -0.3 is 29.9 Å². The highest BCUT2D eigenvalue weighted by Crippen LogP contribution is 2.20. The monoisotopic (exact) mass is 547 g/mol. The second-order valence-corrected chi connectivity index (χ2v) is 7.86. The van der Waals surface area contributed by atoms with E-state index in [1.54, 1.807) is 0 Å². The summed E-state index contributed by atoms with van der Waals surface area (Å²) in [6.07, 6.45) is 2.37. The third kappa shape index (κ3) is 11.4. The number of halogens is 1. The van der Waals surface area contributed by atoms with Gasteiger partial charge in [-0.15, -0.1) is 24.0 Å². The first kappa shape index (κ1) is 27.9. The second-order valence-electron chi connectivity index (χ2n) is 7.86. The van der Waals surface area contributed by atoms with Crippen LogP contribution in [0.2, 0.25) is 0 Å². The van der Waals surface area contributed by atoms with Gasteiger partial charge >= 0.3 is 0 Å². The van der Waals surface area contributed by atoms with E-state index in [9.17, 15) is 0 Å². The van der Waals surface area contributed by atoms with Gasteiger partial charge in [-0.05, 0) is 65.0 Å².